The zero-order valence-electron chi connectivity index (χ0n) is 6.68. The molecule has 0 aliphatic carbocycles. The minimum atomic E-state index is 0.539. The molecule has 0 aliphatic heterocycles. The average Bonchev–Trinajstić information content (AvgIpc) is 2.48. The summed E-state index contributed by atoms with van der Waals surface area (Å²) in [6.45, 7) is 0. The molecule has 0 fully saturated rings. The van der Waals surface area contributed by atoms with Crippen molar-refractivity contribution in [2.24, 2.45) is 0 Å². The largest absolute Gasteiger partial charge is 0.398 e. The van der Waals surface area contributed by atoms with Crippen LogP contribution >= 0.6 is 34.5 Å². The summed E-state index contributed by atoms with van der Waals surface area (Å²) in [5.41, 5.74) is 6.29. The molecule has 1 aromatic heterocycles. The van der Waals surface area contributed by atoms with Crippen LogP contribution in [-0.2, 0) is 5.88 Å². The first-order valence-electron chi connectivity index (χ1n) is 3.74. The van der Waals surface area contributed by atoms with Gasteiger partial charge in [0, 0.05) is 9.58 Å². The fourth-order valence-electron chi connectivity index (χ4n) is 1.20. The third-order valence-corrected chi connectivity index (χ3v) is 3.69. The van der Waals surface area contributed by atoms with Gasteiger partial charge < -0.3 is 5.73 Å². The van der Waals surface area contributed by atoms with Gasteiger partial charge in [-0.2, -0.15) is 0 Å². The van der Waals surface area contributed by atoms with Crippen molar-refractivity contribution < 1.29 is 0 Å². The van der Waals surface area contributed by atoms with E-state index in [1.165, 1.54) is 0 Å². The fourth-order valence-corrected chi connectivity index (χ4v) is 2.61. The van der Waals surface area contributed by atoms with E-state index in [-0.39, 0.29) is 0 Å². The SMILES string of the molecule is Nc1cc2cc(CCl)sc2cc1Cl. The summed E-state index contributed by atoms with van der Waals surface area (Å²) in [6, 6.07) is 5.80. The minimum Gasteiger partial charge on any atom is -0.398 e. The maximum Gasteiger partial charge on any atom is 0.0649 e. The molecule has 0 atom stereocenters. The van der Waals surface area contributed by atoms with Crippen LogP contribution in [0.1, 0.15) is 4.88 Å². The van der Waals surface area contributed by atoms with E-state index in [2.05, 4.69) is 0 Å². The van der Waals surface area contributed by atoms with E-state index in [0.717, 1.165) is 15.0 Å². The molecule has 0 bridgehead atoms. The van der Waals surface area contributed by atoms with Gasteiger partial charge in [0.2, 0.25) is 0 Å². The molecule has 1 heterocycles. The van der Waals surface area contributed by atoms with Gasteiger partial charge in [-0.1, -0.05) is 11.6 Å². The molecule has 13 heavy (non-hydrogen) atoms. The van der Waals surface area contributed by atoms with Gasteiger partial charge in [0.25, 0.3) is 0 Å². The standard InChI is InChI=1S/C9H7Cl2NS/c10-4-6-1-5-2-8(12)7(11)3-9(5)13-6/h1-3H,4,12H2. The number of rotatable bonds is 1. The molecule has 2 aromatic rings. The van der Waals surface area contributed by atoms with Gasteiger partial charge in [0.15, 0.2) is 0 Å². The third-order valence-electron chi connectivity index (χ3n) is 1.82. The molecule has 0 amide bonds. The monoisotopic (exact) mass is 231 g/mol. The van der Waals surface area contributed by atoms with Gasteiger partial charge in [-0.25, -0.2) is 0 Å². The van der Waals surface area contributed by atoms with Crippen LogP contribution in [0.15, 0.2) is 18.2 Å². The topological polar surface area (TPSA) is 26.0 Å². The lowest BCUT2D eigenvalue weighted by Gasteiger charge is -1.96. The molecule has 0 spiro atoms. The summed E-state index contributed by atoms with van der Waals surface area (Å²) in [7, 11) is 0. The highest BCUT2D eigenvalue weighted by Gasteiger charge is 2.04. The Hall–Kier alpha value is -0.440. The van der Waals surface area contributed by atoms with E-state index in [1.807, 2.05) is 18.2 Å². The first kappa shape index (κ1) is 9.13. The van der Waals surface area contributed by atoms with Gasteiger partial charge in [-0.05, 0) is 23.6 Å². The molecule has 1 nitrogen and oxygen atoms in total. The number of halogens is 2. The first-order chi connectivity index (χ1) is 6.20. The fraction of sp³-hybridized carbons (Fsp3) is 0.111. The lowest BCUT2D eigenvalue weighted by molar-refractivity contribution is 1.54. The summed E-state index contributed by atoms with van der Waals surface area (Å²) < 4.78 is 1.13. The Morgan fingerprint density at radius 2 is 2.08 bits per heavy atom. The van der Waals surface area contributed by atoms with Crippen LogP contribution in [0, 0.1) is 0 Å². The number of nitrogen functional groups attached to an aromatic ring is 1. The highest BCUT2D eigenvalue weighted by molar-refractivity contribution is 7.19. The second kappa shape index (κ2) is 3.37. The van der Waals surface area contributed by atoms with Crippen molar-refractivity contribution in [1.82, 2.24) is 0 Å². The zero-order chi connectivity index (χ0) is 9.42. The Morgan fingerprint density at radius 1 is 1.31 bits per heavy atom. The van der Waals surface area contributed by atoms with Crippen LogP contribution in [0.3, 0.4) is 0 Å². The number of hydrogen-bond acceptors (Lipinski definition) is 2. The Balaban J connectivity index is 2.70. The van der Waals surface area contributed by atoms with Crippen molar-refractivity contribution in [2.75, 3.05) is 5.73 Å². The van der Waals surface area contributed by atoms with E-state index in [0.29, 0.717) is 16.6 Å². The number of thiophene rings is 1. The number of hydrogen-bond donors (Lipinski definition) is 1. The van der Waals surface area contributed by atoms with Crippen molar-refractivity contribution in [3.8, 4) is 0 Å². The molecule has 2 N–H and O–H groups in total. The predicted molar refractivity (Wildman–Crippen MR) is 60.8 cm³/mol. The maximum absolute atomic E-state index is 5.89. The van der Waals surface area contributed by atoms with E-state index in [4.69, 9.17) is 28.9 Å². The summed E-state index contributed by atoms with van der Waals surface area (Å²) in [4.78, 5) is 1.14. The van der Waals surface area contributed by atoms with Crippen LogP contribution in [0.2, 0.25) is 5.02 Å². The second-order valence-electron chi connectivity index (χ2n) is 2.76. The van der Waals surface area contributed by atoms with Crippen molar-refractivity contribution in [3.05, 3.63) is 28.1 Å². The zero-order valence-corrected chi connectivity index (χ0v) is 9.01. The molecular weight excluding hydrogens is 225 g/mol. The van der Waals surface area contributed by atoms with E-state index in [9.17, 15) is 0 Å². The van der Waals surface area contributed by atoms with Gasteiger partial charge in [-0.15, -0.1) is 22.9 Å². The summed E-state index contributed by atoms with van der Waals surface area (Å²) >= 11 is 13.3. The molecule has 0 saturated heterocycles. The number of anilines is 1. The molecule has 68 valence electrons. The lowest BCUT2D eigenvalue weighted by Crippen LogP contribution is -1.83. The van der Waals surface area contributed by atoms with Crippen molar-refractivity contribution >= 4 is 50.3 Å². The normalized spacial score (nSPS) is 10.9. The lowest BCUT2D eigenvalue weighted by atomic mass is 10.2. The van der Waals surface area contributed by atoms with Gasteiger partial charge >= 0.3 is 0 Å². The molecule has 1 aromatic carbocycles. The van der Waals surface area contributed by atoms with E-state index >= 15 is 0 Å². The van der Waals surface area contributed by atoms with Crippen molar-refractivity contribution in [3.63, 3.8) is 0 Å². The van der Waals surface area contributed by atoms with Gasteiger partial charge in [0.05, 0.1) is 16.6 Å². The molecule has 2 rings (SSSR count). The first-order valence-corrected chi connectivity index (χ1v) is 5.47. The molecule has 4 heteroatoms. The molecule has 0 unspecified atom stereocenters. The van der Waals surface area contributed by atoms with Gasteiger partial charge in [-0.3, -0.25) is 0 Å². The Kier molecular flexibility index (Phi) is 2.37. The molecule has 0 saturated carbocycles. The number of fused-ring (bicyclic) bond motifs is 1. The van der Waals surface area contributed by atoms with E-state index < -0.39 is 0 Å². The van der Waals surface area contributed by atoms with Crippen LogP contribution in [-0.4, -0.2) is 0 Å². The van der Waals surface area contributed by atoms with Crippen LogP contribution in [0.5, 0.6) is 0 Å². The van der Waals surface area contributed by atoms with E-state index in [1.54, 1.807) is 11.3 Å². The Labute approximate surface area is 90.1 Å². The Morgan fingerprint density at radius 3 is 2.77 bits per heavy atom. The summed E-state index contributed by atoms with van der Waals surface area (Å²) in [5, 5.41) is 1.72. The number of benzene rings is 1. The number of nitrogens with two attached hydrogens (primary N) is 1. The van der Waals surface area contributed by atoms with Crippen LogP contribution < -0.4 is 5.73 Å². The van der Waals surface area contributed by atoms with Gasteiger partial charge in [0.1, 0.15) is 0 Å². The average molecular weight is 232 g/mol. The van der Waals surface area contributed by atoms with Crippen LogP contribution in [0.25, 0.3) is 10.1 Å². The summed E-state index contributed by atoms with van der Waals surface area (Å²) in [5.74, 6) is 0.539. The minimum absolute atomic E-state index is 0.539. The number of alkyl halides is 1. The molecule has 0 radical (unpaired) electrons. The Bertz CT molecular complexity index is 411. The third kappa shape index (κ3) is 1.62. The highest BCUT2D eigenvalue weighted by Crippen LogP contribution is 2.32. The molecule has 0 aliphatic rings. The molecular formula is C9H7Cl2NS. The highest BCUT2D eigenvalue weighted by atomic mass is 35.5. The smallest absolute Gasteiger partial charge is 0.0649 e. The predicted octanol–water partition coefficient (Wildman–Crippen LogP) is 3.88. The maximum atomic E-state index is 5.89. The van der Waals surface area contributed by atoms with Crippen LogP contribution in [0.4, 0.5) is 5.69 Å². The van der Waals surface area contributed by atoms with Crippen molar-refractivity contribution in [2.45, 2.75) is 5.88 Å². The second-order valence-corrected chi connectivity index (χ2v) is 4.60. The summed E-state index contributed by atoms with van der Waals surface area (Å²) in [6.07, 6.45) is 0. The quantitative estimate of drug-likeness (QED) is 0.586. The van der Waals surface area contributed by atoms with Crippen molar-refractivity contribution in [1.29, 1.82) is 0 Å².